The Balaban J connectivity index is 2.14. The van der Waals surface area contributed by atoms with Gasteiger partial charge in [-0.2, -0.15) is 0 Å². The summed E-state index contributed by atoms with van der Waals surface area (Å²) in [4.78, 5) is 11.7. The Hall–Kier alpha value is -2.74. The van der Waals surface area contributed by atoms with E-state index < -0.39 is 22.9 Å². The van der Waals surface area contributed by atoms with Crippen LogP contribution in [0.1, 0.15) is 6.92 Å². The molecule has 1 atom stereocenters. The lowest BCUT2D eigenvalue weighted by atomic mass is 10.2. The minimum absolute atomic E-state index is 0.0924. The molecule has 1 aromatic heterocycles. The van der Waals surface area contributed by atoms with Crippen LogP contribution in [0.5, 0.6) is 0 Å². The number of hydrogen-bond acceptors (Lipinski definition) is 5. The van der Waals surface area contributed by atoms with Crippen molar-refractivity contribution in [2.24, 2.45) is 0 Å². The number of esters is 1. The summed E-state index contributed by atoms with van der Waals surface area (Å²) in [5.74, 6) is -1.49. The minimum Gasteiger partial charge on any atom is -0.468 e. The summed E-state index contributed by atoms with van der Waals surface area (Å²) in [5, 5.41) is 7.97. The third-order valence-electron chi connectivity index (χ3n) is 3.63. The summed E-state index contributed by atoms with van der Waals surface area (Å²) in [5.41, 5.74) is 0.802. The molecule has 0 amide bonds. The lowest BCUT2D eigenvalue weighted by Gasteiger charge is -2.13. The average Bonchev–Trinajstić information content (AvgIpc) is 3.05. The largest absolute Gasteiger partial charge is 0.468 e. The van der Waals surface area contributed by atoms with E-state index >= 15 is 0 Å². The van der Waals surface area contributed by atoms with E-state index in [2.05, 4.69) is 10.2 Å². The molecule has 0 radical (unpaired) electrons. The van der Waals surface area contributed by atoms with Gasteiger partial charge < -0.3 is 4.74 Å². The van der Waals surface area contributed by atoms with Crippen LogP contribution in [0, 0.1) is 11.6 Å². The van der Waals surface area contributed by atoms with Crippen LogP contribution in [-0.4, -0.2) is 33.1 Å². The number of halogens is 2. The van der Waals surface area contributed by atoms with Crippen LogP contribution >= 0.6 is 11.8 Å². The average molecular weight is 375 g/mol. The second-order valence-electron chi connectivity index (χ2n) is 5.39. The van der Waals surface area contributed by atoms with Crippen molar-refractivity contribution < 1.29 is 18.3 Å². The first-order chi connectivity index (χ1) is 12.5. The molecule has 0 fully saturated rings. The number of benzene rings is 2. The van der Waals surface area contributed by atoms with Gasteiger partial charge in [0, 0.05) is 11.6 Å². The fourth-order valence-corrected chi connectivity index (χ4v) is 3.26. The molecule has 1 heterocycles. The zero-order valence-electron chi connectivity index (χ0n) is 14.0. The first kappa shape index (κ1) is 18.1. The molecule has 134 valence electrons. The highest BCUT2D eigenvalue weighted by Gasteiger charge is 2.23. The molecule has 0 saturated heterocycles. The summed E-state index contributed by atoms with van der Waals surface area (Å²) >= 11 is 1.08. The predicted octanol–water partition coefficient (Wildman–Crippen LogP) is 3.87. The second-order valence-corrected chi connectivity index (χ2v) is 6.69. The Morgan fingerprint density at radius 3 is 2.54 bits per heavy atom. The molecule has 3 aromatic rings. The van der Waals surface area contributed by atoms with E-state index in [1.807, 2.05) is 18.2 Å². The van der Waals surface area contributed by atoms with Crippen molar-refractivity contribution >= 4 is 17.7 Å². The van der Waals surface area contributed by atoms with Gasteiger partial charge >= 0.3 is 5.97 Å². The van der Waals surface area contributed by atoms with Crippen molar-refractivity contribution in [1.29, 1.82) is 0 Å². The zero-order valence-corrected chi connectivity index (χ0v) is 14.8. The molecule has 0 N–H and O–H groups in total. The molecule has 8 heteroatoms. The third kappa shape index (κ3) is 3.60. The smallest absolute Gasteiger partial charge is 0.318 e. The summed E-state index contributed by atoms with van der Waals surface area (Å²) < 4.78 is 33.9. The van der Waals surface area contributed by atoms with Gasteiger partial charge in [-0.3, -0.25) is 9.36 Å². The van der Waals surface area contributed by atoms with Crippen LogP contribution in [-0.2, 0) is 9.53 Å². The van der Waals surface area contributed by atoms with Crippen molar-refractivity contribution in [3.05, 3.63) is 60.2 Å². The molecule has 0 aliphatic rings. The predicted molar refractivity (Wildman–Crippen MR) is 94.0 cm³/mol. The normalized spacial score (nSPS) is 12.0. The van der Waals surface area contributed by atoms with Gasteiger partial charge in [0.2, 0.25) is 0 Å². The van der Waals surface area contributed by atoms with E-state index in [0.717, 1.165) is 23.9 Å². The maximum atomic E-state index is 14.4. The molecule has 26 heavy (non-hydrogen) atoms. The maximum Gasteiger partial charge on any atom is 0.318 e. The van der Waals surface area contributed by atoms with E-state index in [1.165, 1.54) is 17.7 Å². The van der Waals surface area contributed by atoms with Gasteiger partial charge in [0.1, 0.15) is 16.9 Å². The number of carbonyl (C=O) groups excluding carboxylic acids is 1. The second kappa shape index (κ2) is 7.65. The van der Waals surface area contributed by atoms with Crippen LogP contribution in [0.2, 0.25) is 0 Å². The number of thioether (sulfide) groups is 1. The standard InChI is InChI=1S/C18H15F2N3O2S/c1-11(17(24)25-2)26-18-22-21-16(12-6-4-3-5-7-12)23(18)15-9-8-13(19)10-14(15)20/h3-11H,1-2H3. The molecule has 1 unspecified atom stereocenters. The molecule has 3 rings (SSSR count). The van der Waals surface area contributed by atoms with Crippen LogP contribution in [0.15, 0.2) is 53.7 Å². The zero-order chi connectivity index (χ0) is 18.7. The summed E-state index contributed by atoms with van der Waals surface area (Å²) in [6.07, 6.45) is 0. The van der Waals surface area contributed by atoms with E-state index in [4.69, 9.17) is 4.74 Å². The van der Waals surface area contributed by atoms with Gasteiger partial charge in [-0.15, -0.1) is 10.2 Å². The minimum atomic E-state index is -0.755. The number of ether oxygens (including phenoxy) is 1. The van der Waals surface area contributed by atoms with Crippen molar-refractivity contribution in [3.63, 3.8) is 0 Å². The van der Waals surface area contributed by atoms with E-state index in [1.54, 1.807) is 19.1 Å². The molecular weight excluding hydrogens is 360 g/mol. The lowest BCUT2D eigenvalue weighted by molar-refractivity contribution is -0.139. The first-order valence-electron chi connectivity index (χ1n) is 7.72. The van der Waals surface area contributed by atoms with Gasteiger partial charge in [0.25, 0.3) is 0 Å². The van der Waals surface area contributed by atoms with Crippen LogP contribution in [0.4, 0.5) is 8.78 Å². The number of nitrogens with zero attached hydrogens (tertiary/aromatic N) is 3. The highest BCUT2D eigenvalue weighted by atomic mass is 32.2. The van der Waals surface area contributed by atoms with Gasteiger partial charge in [0.05, 0.1) is 12.8 Å². The SMILES string of the molecule is COC(=O)C(C)Sc1nnc(-c2ccccc2)n1-c1ccc(F)cc1F. The number of hydrogen-bond donors (Lipinski definition) is 0. The quantitative estimate of drug-likeness (QED) is 0.501. The molecule has 0 aliphatic heterocycles. The molecular formula is C18H15F2N3O2S. The monoisotopic (exact) mass is 375 g/mol. The van der Waals surface area contributed by atoms with Crippen molar-refractivity contribution in [3.8, 4) is 17.1 Å². The van der Waals surface area contributed by atoms with Gasteiger partial charge in [0.15, 0.2) is 11.0 Å². The molecule has 0 saturated carbocycles. The van der Waals surface area contributed by atoms with Crippen LogP contribution in [0.25, 0.3) is 17.1 Å². The van der Waals surface area contributed by atoms with E-state index in [9.17, 15) is 13.6 Å². The fraction of sp³-hybridized carbons (Fsp3) is 0.167. The van der Waals surface area contributed by atoms with Crippen LogP contribution in [0.3, 0.4) is 0 Å². The third-order valence-corrected chi connectivity index (χ3v) is 4.65. The van der Waals surface area contributed by atoms with Crippen molar-refractivity contribution in [2.75, 3.05) is 7.11 Å². The summed E-state index contributed by atoms with van der Waals surface area (Å²) in [6.45, 7) is 1.65. The Morgan fingerprint density at radius 2 is 1.88 bits per heavy atom. The van der Waals surface area contributed by atoms with Gasteiger partial charge in [-0.1, -0.05) is 42.1 Å². The number of rotatable bonds is 5. The summed E-state index contributed by atoms with van der Waals surface area (Å²) in [6, 6.07) is 12.4. The van der Waals surface area contributed by atoms with Crippen molar-refractivity contribution in [2.45, 2.75) is 17.3 Å². The van der Waals surface area contributed by atoms with Crippen molar-refractivity contribution in [1.82, 2.24) is 14.8 Å². The first-order valence-corrected chi connectivity index (χ1v) is 8.60. The Bertz CT molecular complexity index is 931. The Labute approximate surface area is 153 Å². The maximum absolute atomic E-state index is 14.4. The Kier molecular flexibility index (Phi) is 5.32. The number of carbonyl (C=O) groups is 1. The topological polar surface area (TPSA) is 57.0 Å². The fourth-order valence-electron chi connectivity index (χ4n) is 2.37. The highest BCUT2D eigenvalue weighted by molar-refractivity contribution is 8.00. The Morgan fingerprint density at radius 1 is 1.15 bits per heavy atom. The lowest BCUT2D eigenvalue weighted by Crippen LogP contribution is -2.15. The van der Waals surface area contributed by atoms with Gasteiger partial charge in [-0.05, 0) is 19.1 Å². The molecule has 0 bridgehead atoms. The number of aromatic nitrogens is 3. The van der Waals surface area contributed by atoms with Crippen LogP contribution < -0.4 is 0 Å². The molecule has 0 spiro atoms. The highest BCUT2D eigenvalue weighted by Crippen LogP contribution is 2.31. The molecule has 5 nitrogen and oxygen atoms in total. The molecule has 2 aromatic carbocycles. The van der Waals surface area contributed by atoms with Gasteiger partial charge in [-0.25, -0.2) is 8.78 Å². The van der Waals surface area contributed by atoms with E-state index in [0.29, 0.717) is 16.5 Å². The summed E-state index contributed by atoms with van der Waals surface area (Å²) in [7, 11) is 1.29. The van der Waals surface area contributed by atoms with E-state index in [-0.39, 0.29) is 5.69 Å². The molecule has 0 aliphatic carbocycles. The number of methoxy groups -OCH3 is 1.